The van der Waals surface area contributed by atoms with Crippen molar-refractivity contribution in [2.75, 3.05) is 38.1 Å². The molecule has 2 heterocycles. The highest BCUT2D eigenvalue weighted by atomic mass is 19.2. The van der Waals surface area contributed by atoms with Crippen LogP contribution in [-0.4, -0.2) is 88.4 Å². The first kappa shape index (κ1) is 35.8. The van der Waals surface area contributed by atoms with Crippen molar-refractivity contribution in [3.63, 3.8) is 0 Å². The van der Waals surface area contributed by atoms with Gasteiger partial charge in [0.15, 0.2) is 23.2 Å². The summed E-state index contributed by atoms with van der Waals surface area (Å²) in [5.41, 5.74) is 2.87. The predicted octanol–water partition coefficient (Wildman–Crippen LogP) is 4.95. The van der Waals surface area contributed by atoms with Crippen molar-refractivity contribution < 1.29 is 42.0 Å². The standard InChI is InChI=1S/C33H40F2N6O7/c1-22(42)41(36-20-24-11-8-12-26(34)30(24)35)25(13-14-29(43)39-15-17-40(18-16-39)32(45)47-33(2,3)4)21-46-31(44)37-28-19-27(48-38-28)23-9-6-5-7-10-23/h5-12,19,25,36H,13-18,20-21H2,1-4H3,(H,37,38,44)/t25-/m0/s1. The molecule has 1 aromatic heterocycles. The number of piperazine rings is 1. The van der Waals surface area contributed by atoms with E-state index in [-0.39, 0.29) is 56.4 Å². The normalized spacial score (nSPS) is 13.9. The molecule has 1 saturated heterocycles. The van der Waals surface area contributed by atoms with Gasteiger partial charge < -0.3 is 23.8 Å². The molecule has 0 aliphatic carbocycles. The fourth-order valence-electron chi connectivity index (χ4n) is 4.94. The average molecular weight is 671 g/mol. The maximum atomic E-state index is 14.4. The maximum Gasteiger partial charge on any atom is 0.412 e. The molecule has 4 rings (SSSR count). The number of nitrogens with one attached hydrogen (secondary N) is 2. The molecule has 2 N–H and O–H groups in total. The molecule has 1 fully saturated rings. The molecule has 2 aromatic carbocycles. The Kier molecular flexibility index (Phi) is 12.1. The number of benzene rings is 2. The Labute approximate surface area is 277 Å². The second kappa shape index (κ2) is 16.2. The summed E-state index contributed by atoms with van der Waals surface area (Å²) in [4.78, 5) is 54.2. The SMILES string of the molecule is CC(=O)N(NCc1cccc(F)c1F)[C@@H](CCC(=O)N1CCN(C(=O)OC(C)(C)C)CC1)COC(=O)Nc1cc(-c2ccccc2)on1. The molecule has 0 bridgehead atoms. The Morgan fingerprint density at radius 1 is 1.00 bits per heavy atom. The number of anilines is 1. The lowest BCUT2D eigenvalue weighted by Gasteiger charge is -2.36. The van der Waals surface area contributed by atoms with Gasteiger partial charge in [-0.25, -0.2) is 23.8 Å². The van der Waals surface area contributed by atoms with E-state index in [2.05, 4.69) is 15.9 Å². The highest BCUT2D eigenvalue weighted by Crippen LogP contribution is 2.22. The third kappa shape index (κ3) is 10.2. The van der Waals surface area contributed by atoms with Gasteiger partial charge in [-0.05, 0) is 33.3 Å². The van der Waals surface area contributed by atoms with Crippen LogP contribution in [0.5, 0.6) is 0 Å². The molecule has 13 nitrogen and oxygen atoms in total. The number of hydrogen-bond donors (Lipinski definition) is 2. The van der Waals surface area contributed by atoms with Crippen molar-refractivity contribution in [1.29, 1.82) is 0 Å². The lowest BCUT2D eigenvalue weighted by molar-refractivity contribution is -0.139. The quantitative estimate of drug-likeness (QED) is 0.271. The first-order valence-corrected chi connectivity index (χ1v) is 15.5. The molecule has 1 aliphatic heterocycles. The smallest absolute Gasteiger partial charge is 0.412 e. The van der Waals surface area contributed by atoms with Crippen LogP contribution >= 0.6 is 0 Å². The van der Waals surface area contributed by atoms with E-state index >= 15 is 0 Å². The molecule has 0 unspecified atom stereocenters. The predicted molar refractivity (Wildman–Crippen MR) is 170 cm³/mol. The summed E-state index contributed by atoms with van der Waals surface area (Å²) in [7, 11) is 0. The number of halogens is 2. The summed E-state index contributed by atoms with van der Waals surface area (Å²) in [6.07, 6.45) is -1.33. The topological polar surface area (TPSA) is 147 Å². The molecule has 48 heavy (non-hydrogen) atoms. The number of rotatable bonds is 11. The zero-order valence-corrected chi connectivity index (χ0v) is 27.3. The molecule has 0 radical (unpaired) electrons. The minimum Gasteiger partial charge on any atom is -0.447 e. The molecule has 1 aliphatic rings. The zero-order valence-electron chi connectivity index (χ0n) is 27.3. The van der Waals surface area contributed by atoms with Crippen LogP contribution in [0, 0.1) is 11.6 Å². The van der Waals surface area contributed by atoms with E-state index in [4.69, 9.17) is 14.0 Å². The summed E-state index contributed by atoms with van der Waals surface area (Å²) >= 11 is 0. The van der Waals surface area contributed by atoms with Crippen LogP contribution in [0.15, 0.2) is 59.1 Å². The lowest BCUT2D eigenvalue weighted by Crippen LogP contribution is -2.53. The number of carbonyl (C=O) groups excluding carboxylic acids is 4. The molecule has 3 aromatic rings. The molecular weight excluding hydrogens is 630 g/mol. The average Bonchev–Trinajstić information content (AvgIpc) is 3.51. The second-order valence-electron chi connectivity index (χ2n) is 12.1. The number of amides is 4. The molecule has 0 spiro atoms. The highest BCUT2D eigenvalue weighted by Gasteiger charge is 2.30. The first-order valence-electron chi connectivity index (χ1n) is 15.5. The van der Waals surface area contributed by atoms with Crippen molar-refractivity contribution in [3.8, 4) is 11.3 Å². The fourth-order valence-corrected chi connectivity index (χ4v) is 4.94. The van der Waals surface area contributed by atoms with Gasteiger partial charge in [0, 0.05) is 63.3 Å². The van der Waals surface area contributed by atoms with Gasteiger partial charge in [-0.2, -0.15) is 0 Å². The van der Waals surface area contributed by atoms with Gasteiger partial charge in [-0.3, -0.25) is 19.9 Å². The highest BCUT2D eigenvalue weighted by molar-refractivity contribution is 5.84. The fraction of sp³-hybridized carbons (Fsp3) is 0.424. The molecule has 0 saturated carbocycles. The van der Waals surface area contributed by atoms with Gasteiger partial charge in [-0.1, -0.05) is 47.6 Å². The maximum absolute atomic E-state index is 14.4. The Bertz CT molecular complexity index is 1570. The molecule has 258 valence electrons. The van der Waals surface area contributed by atoms with E-state index in [0.717, 1.165) is 16.6 Å². The Morgan fingerprint density at radius 2 is 1.69 bits per heavy atom. The number of aromatic nitrogens is 1. The van der Waals surface area contributed by atoms with Crippen LogP contribution in [0.25, 0.3) is 11.3 Å². The molecule has 15 heteroatoms. The number of nitrogens with zero attached hydrogens (tertiary/aromatic N) is 4. The van der Waals surface area contributed by atoms with Gasteiger partial charge in [0.25, 0.3) is 0 Å². The van der Waals surface area contributed by atoms with Crippen LogP contribution < -0.4 is 10.7 Å². The molecule has 4 amide bonds. The van der Waals surface area contributed by atoms with E-state index < -0.39 is 41.4 Å². The van der Waals surface area contributed by atoms with Gasteiger partial charge in [0.05, 0.1) is 6.04 Å². The first-order chi connectivity index (χ1) is 22.8. The summed E-state index contributed by atoms with van der Waals surface area (Å²) in [6, 6.07) is 13.5. The lowest BCUT2D eigenvalue weighted by atomic mass is 10.1. The number of hydrazine groups is 1. The van der Waals surface area contributed by atoms with Gasteiger partial charge in [-0.15, -0.1) is 0 Å². The Hall–Kier alpha value is -5.05. The monoisotopic (exact) mass is 670 g/mol. The van der Waals surface area contributed by atoms with E-state index in [9.17, 15) is 28.0 Å². The van der Waals surface area contributed by atoms with Gasteiger partial charge in [0.1, 0.15) is 12.2 Å². The van der Waals surface area contributed by atoms with Crippen molar-refractivity contribution in [2.24, 2.45) is 0 Å². The van der Waals surface area contributed by atoms with E-state index in [1.807, 2.05) is 30.3 Å². The van der Waals surface area contributed by atoms with E-state index in [1.165, 1.54) is 30.0 Å². The molecule has 1 atom stereocenters. The van der Waals surface area contributed by atoms with E-state index in [1.54, 1.807) is 25.7 Å². The van der Waals surface area contributed by atoms with Crippen LogP contribution in [-0.2, 0) is 25.6 Å². The summed E-state index contributed by atoms with van der Waals surface area (Å²) in [5.74, 6) is -2.33. The van der Waals surface area contributed by atoms with Gasteiger partial charge >= 0.3 is 12.2 Å². The van der Waals surface area contributed by atoms with Crippen LogP contribution in [0.4, 0.5) is 24.2 Å². The minimum atomic E-state index is -1.07. The Balaban J connectivity index is 1.39. The summed E-state index contributed by atoms with van der Waals surface area (Å²) < 4.78 is 44.3. The third-order valence-corrected chi connectivity index (χ3v) is 7.36. The van der Waals surface area contributed by atoms with E-state index in [0.29, 0.717) is 18.8 Å². The zero-order chi connectivity index (χ0) is 34.8. The number of carbonyl (C=O) groups is 4. The molecular formula is C33H40F2N6O7. The Morgan fingerprint density at radius 3 is 2.35 bits per heavy atom. The van der Waals surface area contributed by atoms with Crippen molar-refractivity contribution in [3.05, 3.63) is 71.8 Å². The third-order valence-electron chi connectivity index (χ3n) is 7.36. The second-order valence-corrected chi connectivity index (χ2v) is 12.1. The minimum absolute atomic E-state index is 0.0298. The summed E-state index contributed by atoms with van der Waals surface area (Å²) in [5, 5.41) is 7.44. The van der Waals surface area contributed by atoms with Crippen molar-refractivity contribution in [1.82, 2.24) is 25.4 Å². The van der Waals surface area contributed by atoms with Crippen LogP contribution in [0.2, 0.25) is 0 Å². The van der Waals surface area contributed by atoms with Crippen molar-refractivity contribution in [2.45, 2.75) is 58.7 Å². The largest absolute Gasteiger partial charge is 0.447 e. The summed E-state index contributed by atoms with van der Waals surface area (Å²) in [6.45, 7) is 7.13. The number of hydrogen-bond acceptors (Lipinski definition) is 9. The van der Waals surface area contributed by atoms with Crippen LogP contribution in [0.3, 0.4) is 0 Å². The van der Waals surface area contributed by atoms with Crippen molar-refractivity contribution >= 4 is 29.8 Å². The van der Waals surface area contributed by atoms with Gasteiger partial charge in [0.2, 0.25) is 11.8 Å². The van der Waals surface area contributed by atoms with Crippen LogP contribution in [0.1, 0.15) is 46.1 Å². The number of ether oxygens (including phenoxy) is 2.